The third-order valence-corrected chi connectivity index (χ3v) is 4.23. The molecule has 25 heavy (non-hydrogen) atoms. The van der Waals surface area contributed by atoms with Gasteiger partial charge in [-0.25, -0.2) is 0 Å². The third-order valence-electron chi connectivity index (χ3n) is 3.36. The van der Waals surface area contributed by atoms with Crippen LogP contribution in [-0.2, 0) is 12.0 Å². The lowest BCUT2D eigenvalue weighted by Gasteiger charge is -2.14. The van der Waals surface area contributed by atoms with Gasteiger partial charge < -0.3 is 4.74 Å². The number of fused-ring (bicyclic) bond motifs is 1. The Morgan fingerprint density at radius 2 is 2.00 bits per heavy atom. The second kappa shape index (κ2) is 6.20. The maximum atomic E-state index is 12.5. The molecular formula is C15H15N5O4S. The molecule has 0 saturated carbocycles. The molecule has 0 amide bonds. The van der Waals surface area contributed by atoms with Crippen molar-refractivity contribution in [2.24, 2.45) is 0 Å². The molecule has 0 bridgehead atoms. The van der Waals surface area contributed by atoms with Crippen molar-refractivity contribution in [3.05, 3.63) is 55.4 Å². The molecule has 0 aliphatic carbocycles. The van der Waals surface area contributed by atoms with Crippen molar-refractivity contribution in [3.63, 3.8) is 0 Å². The molecule has 0 unspecified atom stereocenters. The lowest BCUT2D eigenvalue weighted by molar-refractivity contribution is -0.385. The van der Waals surface area contributed by atoms with E-state index in [0.29, 0.717) is 15.7 Å². The van der Waals surface area contributed by atoms with Gasteiger partial charge in [0.25, 0.3) is 5.56 Å². The molecule has 130 valence electrons. The molecule has 0 spiro atoms. The summed E-state index contributed by atoms with van der Waals surface area (Å²) in [6.45, 7) is 5.60. The summed E-state index contributed by atoms with van der Waals surface area (Å²) in [4.78, 5) is 23.3. The van der Waals surface area contributed by atoms with Gasteiger partial charge >= 0.3 is 5.69 Å². The van der Waals surface area contributed by atoms with Crippen LogP contribution in [0.25, 0.3) is 4.96 Å². The van der Waals surface area contributed by atoms with Crippen LogP contribution in [0.3, 0.4) is 0 Å². The van der Waals surface area contributed by atoms with Crippen LogP contribution in [0.5, 0.6) is 5.75 Å². The number of ether oxygens (including phenoxy) is 1. The highest BCUT2D eigenvalue weighted by atomic mass is 32.1. The van der Waals surface area contributed by atoms with Gasteiger partial charge in [0.15, 0.2) is 10.8 Å². The molecule has 0 atom stereocenters. The number of para-hydroxylation sites is 2. The van der Waals surface area contributed by atoms with Gasteiger partial charge in [0.05, 0.1) is 4.92 Å². The first-order valence-electron chi connectivity index (χ1n) is 7.39. The first-order valence-corrected chi connectivity index (χ1v) is 8.21. The molecular weight excluding hydrogens is 346 g/mol. The molecule has 2 aromatic heterocycles. The van der Waals surface area contributed by atoms with Crippen LogP contribution in [0.1, 0.15) is 31.5 Å². The molecule has 0 fully saturated rings. The Labute approximate surface area is 146 Å². The average Bonchev–Trinajstić information content (AvgIpc) is 2.96. The molecule has 0 aliphatic rings. The Morgan fingerprint density at radius 3 is 2.68 bits per heavy atom. The summed E-state index contributed by atoms with van der Waals surface area (Å²) in [5, 5.41) is 23.7. The Bertz CT molecular complexity index is 1010. The highest BCUT2D eigenvalue weighted by Crippen LogP contribution is 2.27. The highest BCUT2D eigenvalue weighted by Gasteiger charge is 2.23. The molecule has 0 N–H and O–H groups in total. The number of hydrogen-bond acceptors (Lipinski definition) is 8. The van der Waals surface area contributed by atoms with E-state index >= 15 is 0 Å². The van der Waals surface area contributed by atoms with Crippen LogP contribution in [0.2, 0.25) is 0 Å². The Hall–Kier alpha value is -2.88. The normalized spacial score (nSPS) is 11.6. The second-order valence-corrected chi connectivity index (χ2v) is 7.35. The van der Waals surface area contributed by atoms with Gasteiger partial charge in [0.1, 0.15) is 12.3 Å². The molecule has 2 heterocycles. The van der Waals surface area contributed by atoms with Crippen molar-refractivity contribution < 1.29 is 9.66 Å². The smallest absolute Gasteiger partial charge is 0.310 e. The first kappa shape index (κ1) is 17.0. The van der Waals surface area contributed by atoms with Gasteiger partial charge in [-0.15, -0.1) is 10.2 Å². The fourth-order valence-corrected chi connectivity index (χ4v) is 2.90. The molecule has 0 radical (unpaired) electrons. The highest BCUT2D eigenvalue weighted by molar-refractivity contribution is 7.16. The molecule has 3 rings (SSSR count). The van der Waals surface area contributed by atoms with E-state index in [1.54, 1.807) is 12.1 Å². The first-order chi connectivity index (χ1) is 11.8. The van der Waals surface area contributed by atoms with E-state index in [1.807, 2.05) is 20.8 Å². The lowest BCUT2D eigenvalue weighted by atomic mass is 9.93. The summed E-state index contributed by atoms with van der Waals surface area (Å²) in [6, 6.07) is 6.08. The third kappa shape index (κ3) is 3.33. The predicted octanol–water partition coefficient (Wildman–Crippen LogP) is 2.33. The number of hydrogen-bond donors (Lipinski definition) is 0. The number of nitro groups is 1. The lowest BCUT2D eigenvalue weighted by Crippen LogP contribution is -2.30. The molecule has 1 aromatic carbocycles. The number of nitrogens with zero attached hydrogens (tertiary/aromatic N) is 5. The molecule has 0 saturated heterocycles. The van der Waals surface area contributed by atoms with Crippen LogP contribution >= 0.6 is 11.3 Å². The summed E-state index contributed by atoms with van der Waals surface area (Å²) in [5.41, 5.74) is -0.585. The largest absolute Gasteiger partial charge is 0.479 e. The Kier molecular flexibility index (Phi) is 4.21. The van der Waals surface area contributed by atoms with Gasteiger partial charge in [-0.2, -0.15) is 9.61 Å². The van der Waals surface area contributed by atoms with Crippen LogP contribution < -0.4 is 10.3 Å². The van der Waals surface area contributed by atoms with Crippen LogP contribution in [0, 0.1) is 10.1 Å². The second-order valence-electron chi connectivity index (χ2n) is 6.31. The number of aromatic nitrogens is 4. The van der Waals surface area contributed by atoms with E-state index in [1.165, 1.54) is 16.6 Å². The maximum Gasteiger partial charge on any atom is 0.310 e. The zero-order valence-electron chi connectivity index (χ0n) is 13.8. The zero-order chi connectivity index (χ0) is 18.2. The van der Waals surface area contributed by atoms with Gasteiger partial charge in [0.2, 0.25) is 4.96 Å². The minimum Gasteiger partial charge on any atom is -0.479 e. The quantitative estimate of drug-likeness (QED) is 0.517. The standard InChI is InChI=1S/C15H15N5O4S/c1-15(2,3)12-13(21)19-14(17-16-12)25-11(18-19)8-24-10-7-5-4-6-9(10)20(22)23/h4-7H,8H2,1-3H3. The summed E-state index contributed by atoms with van der Waals surface area (Å²) < 4.78 is 6.68. The summed E-state index contributed by atoms with van der Waals surface area (Å²) >= 11 is 1.15. The molecule has 0 aliphatic heterocycles. The van der Waals surface area contributed by atoms with Crippen LogP contribution in [-0.4, -0.2) is 24.7 Å². The van der Waals surface area contributed by atoms with Crippen molar-refractivity contribution >= 4 is 22.0 Å². The van der Waals surface area contributed by atoms with E-state index in [2.05, 4.69) is 15.3 Å². The van der Waals surface area contributed by atoms with Crippen molar-refractivity contribution in [1.29, 1.82) is 0 Å². The minimum atomic E-state index is -0.515. The van der Waals surface area contributed by atoms with Crippen molar-refractivity contribution in [3.8, 4) is 5.75 Å². The van der Waals surface area contributed by atoms with Crippen LogP contribution in [0.15, 0.2) is 29.1 Å². The fourth-order valence-electron chi connectivity index (χ4n) is 2.15. The van der Waals surface area contributed by atoms with E-state index in [4.69, 9.17) is 4.74 Å². The van der Waals surface area contributed by atoms with Crippen molar-refractivity contribution in [2.45, 2.75) is 32.8 Å². The van der Waals surface area contributed by atoms with E-state index in [9.17, 15) is 14.9 Å². The predicted molar refractivity (Wildman–Crippen MR) is 91.1 cm³/mol. The fraction of sp³-hybridized carbons (Fsp3) is 0.333. The van der Waals surface area contributed by atoms with Gasteiger partial charge in [-0.05, 0) is 6.07 Å². The molecule has 10 heteroatoms. The topological polar surface area (TPSA) is 113 Å². The average molecular weight is 361 g/mol. The van der Waals surface area contributed by atoms with Gasteiger partial charge in [-0.3, -0.25) is 14.9 Å². The SMILES string of the molecule is CC(C)(C)c1nnc2sc(COc3ccccc3[N+](=O)[O-])nn2c1=O. The van der Waals surface area contributed by atoms with Crippen molar-refractivity contribution in [2.75, 3.05) is 0 Å². The summed E-state index contributed by atoms with van der Waals surface area (Å²) in [5.74, 6) is 0.139. The molecule has 9 nitrogen and oxygen atoms in total. The van der Waals surface area contributed by atoms with E-state index < -0.39 is 10.3 Å². The Morgan fingerprint density at radius 1 is 1.28 bits per heavy atom. The monoisotopic (exact) mass is 361 g/mol. The van der Waals surface area contributed by atoms with Crippen LogP contribution in [0.4, 0.5) is 5.69 Å². The number of benzene rings is 1. The van der Waals surface area contributed by atoms with Gasteiger partial charge in [0, 0.05) is 11.5 Å². The van der Waals surface area contributed by atoms with E-state index in [0.717, 1.165) is 11.3 Å². The van der Waals surface area contributed by atoms with Crippen molar-refractivity contribution in [1.82, 2.24) is 19.8 Å². The number of rotatable bonds is 4. The maximum absolute atomic E-state index is 12.5. The zero-order valence-corrected chi connectivity index (χ0v) is 14.6. The summed E-state index contributed by atoms with van der Waals surface area (Å²) in [7, 11) is 0. The Balaban J connectivity index is 1.90. The summed E-state index contributed by atoms with van der Waals surface area (Å²) in [6.07, 6.45) is 0. The number of nitro benzene ring substituents is 1. The molecule has 3 aromatic rings. The van der Waals surface area contributed by atoms with Gasteiger partial charge in [-0.1, -0.05) is 44.2 Å². The van der Waals surface area contributed by atoms with E-state index in [-0.39, 0.29) is 23.6 Å². The minimum absolute atomic E-state index is 0.0107.